The molecule has 1 aromatic rings. The molecule has 0 spiro atoms. The Balaban J connectivity index is 2.10. The first-order valence-corrected chi connectivity index (χ1v) is 8.57. The van der Waals surface area contributed by atoms with Gasteiger partial charge >= 0.3 is 0 Å². The van der Waals surface area contributed by atoms with E-state index < -0.39 is 21.7 Å². The van der Waals surface area contributed by atoms with Gasteiger partial charge in [0.1, 0.15) is 12.4 Å². The molecule has 1 aliphatic heterocycles. The van der Waals surface area contributed by atoms with Gasteiger partial charge in [-0.2, -0.15) is 0 Å². The highest BCUT2D eigenvalue weighted by atomic mass is 32.2. The van der Waals surface area contributed by atoms with Gasteiger partial charge in [0, 0.05) is 38.3 Å². The maximum absolute atomic E-state index is 13.9. The highest BCUT2D eigenvalue weighted by Crippen LogP contribution is 2.28. The minimum atomic E-state index is -3.43. The van der Waals surface area contributed by atoms with E-state index in [0.717, 1.165) is 6.07 Å². The molecule has 1 heterocycles. The molecule has 0 bridgehead atoms. The van der Waals surface area contributed by atoms with Crippen LogP contribution in [0.15, 0.2) is 12.1 Å². The van der Waals surface area contributed by atoms with Gasteiger partial charge in [-0.3, -0.25) is 0 Å². The number of sulfonamides is 1. The first kappa shape index (κ1) is 16.9. The minimum absolute atomic E-state index is 0.152. The summed E-state index contributed by atoms with van der Waals surface area (Å²) in [7, 11) is -2.14. The number of anilines is 1. The van der Waals surface area contributed by atoms with Crippen molar-refractivity contribution in [3.63, 3.8) is 0 Å². The number of halogens is 2. The summed E-state index contributed by atoms with van der Waals surface area (Å²) >= 11 is 0. The Labute approximate surface area is 128 Å². The topological polar surface area (TPSA) is 70.7 Å². The van der Waals surface area contributed by atoms with E-state index in [0.29, 0.717) is 26.2 Å². The molecule has 1 aromatic carbocycles. The Morgan fingerprint density at radius 3 is 2.59 bits per heavy atom. The van der Waals surface area contributed by atoms with Crippen molar-refractivity contribution in [2.45, 2.75) is 0 Å². The van der Waals surface area contributed by atoms with Gasteiger partial charge in [-0.05, 0) is 7.05 Å². The maximum Gasteiger partial charge on any atom is 0.214 e. The van der Waals surface area contributed by atoms with E-state index >= 15 is 0 Å². The van der Waals surface area contributed by atoms with Crippen LogP contribution in [0, 0.1) is 11.6 Å². The van der Waals surface area contributed by atoms with Crippen molar-refractivity contribution < 1.29 is 21.9 Å². The zero-order valence-corrected chi connectivity index (χ0v) is 13.0. The van der Waals surface area contributed by atoms with Gasteiger partial charge in [-0.15, -0.1) is 0 Å². The van der Waals surface area contributed by atoms with Crippen molar-refractivity contribution in [3.05, 3.63) is 23.8 Å². The maximum atomic E-state index is 13.9. The van der Waals surface area contributed by atoms with Crippen molar-refractivity contribution in [1.82, 2.24) is 10.0 Å². The van der Waals surface area contributed by atoms with E-state index in [2.05, 4.69) is 10.0 Å². The van der Waals surface area contributed by atoms with Crippen molar-refractivity contribution in [2.75, 3.05) is 50.5 Å². The zero-order chi connectivity index (χ0) is 16.2. The summed E-state index contributed by atoms with van der Waals surface area (Å²) in [5.74, 6) is -1.96. The van der Waals surface area contributed by atoms with Gasteiger partial charge in [0.15, 0.2) is 11.6 Å². The number of nitrogens with zero attached hydrogens (tertiary/aromatic N) is 1. The van der Waals surface area contributed by atoms with Crippen LogP contribution in [-0.4, -0.2) is 54.0 Å². The third-order valence-corrected chi connectivity index (χ3v) is 4.71. The summed E-state index contributed by atoms with van der Waals surface area (Å²) in [6, 6.07) is 2.04. The van der Waals surface area contributed by atoms with E-state index in [-0.39, 0.29) is 23.8 Å². The number of hydrogen-bond acceptors (Lipinski definition) is 5. The Morgan fingerprint density at radius 1 is 1.27 bits per heavy atom. The fourth-order valence-electron chi connectivity index (χ4n) is 2.14. The molecule has 124 valence electrons. The molecular weight excluding hydrogens is 316 g/mol. The fourth-order valence-corrected chi connectivity index (χ4v) is 2.65. The molecule has 0 amide bonds. The van der Waals surface area contributed by atoms with E-state index in [1.165, 1.54) is 13.1 Å². The number of ether oxygens (including phenoxy) is 1. The quantitative estimate of drug-likeness (QED) is 0.783. The average Bonchev–Trinajstić information content (AvgIpc) is 2.50. The Hall–Kier alpha value is -1.45. The normalized spacial score (nSPS) is 15.9. The van der Waals surface area contributed by atoms with Crippen LogP contribution in [0.2, 0.25) is 0 Å². The van der Waals surface area contributed by atoms with Gasteiger partial charge in [0.25, 0.3) is 0 Å². The fraction of sp³-hybridized carbons (Fsp3) is 0.538. The molecule has 0 atom stereocenters. The predicted octanol–water partition coefficient (Wildman–Crippen LogP) is 0.302. The first-order chi connectivity index (χ1) is 10.4. The number of nitrogens with one attached hydrogen (secondary N) is 2. The lowest BCUT2D eigenvalue weighted by atomic mass is 10.2. The molecule has 0 aromatic heterocycles. The van der Waals surface area contributed by atoms with Crippen LogP contribution in [0.1, 0.15) is 0 Å². The highest BCUT2D eigenvalue weighted by molar-refractivity contribution is 7.89. The van der Waals surface area contributed by atoms with Crippen LogP contribution in [-0.2, 0) is 10.0 Å². The van der Waals surface area contributed by atoms with Gasteiger partial charge in [-0.25, -0.2) is 21.9 Å². The largest absolute Gasteiger partial charge is 0.489 e. The molecule has 2 N–H and O–H groups in total. The molecule has 9 heteroatoms. The second-order valence-corrected chi connectivity index (χ2v) is 6.89. The molecule has 2 rings (SSSR count). The van der Waals surface area contributed by atoms with Crippen molar-refractivity contribution >= 4 is 15.7 Å². The molecule has 0 aliphatic carbocycles. The van der Waals surface area contributed by atoms with Crippen LogP contribution in [0.5, 0.6) is 5.75 Å². The van der Waals surface area contributed by atoms with Crippen LogP contribution in [0.3, 0.4) is 0 Å². The monoisotopic (exact) mass is 335 g/mol. The summed E-state index contributed by atoms with van der Waals surface area (Å²) in [6.45, 7) is 2.43. The van der Waals surface area contributed by atoms with E-state index in [1.54, 1.807) is 4.90 Å². The van der Waals surface area contributed by atoms with E-state index in [1.807, 2.05) is 0 Å². The molecule has 0 unspecified atom stereocenters. The smallest absolute Gasteiger partial charge is 0.214 e. The van der Waals surface area contributed by atoms with Crippen LogP contribution in [0.4, 0.5) is 14.5 Å². The SMILES string of the molecule is CNS(=O)(=O)CCOc1cc(N2CCNCC2)c(F)cc1F. The number of hydrogen-bond donors (Lipinski definition) is 2. The van der Waals surface area contributed by atoms with Crippen LogP contribution >= 0.6 is 0 Å². The average molecular weight is 335 g/mol. The summed E-state index contributed by atoms with van der Waals surface area (Å²) in [5, 5.41) is 3.14. The van der Waals surface area contributed by atoms with Crippen molar-refractivity contribution in [1.29, 1.82) is 0 Å². The molecule has 0 saturated carbocycles. The summed E-state index contributed by atoms with van der Waals surface area (Å²) in [6.07, 6.45) is 0. The van der Waals surface area contributed by atoms with Gasteiger partial charge in [0.05, 0.1) is 11.4 Å². The number of rotatable bonds is 6. The third-order valence-electron chi connectivity index (χ3n) is 3.38. The predicted molar refractivity (Wildman–Crippen MR) is 79.8 cm³/mol. The molecule has 1 aliphatic rings. The second-order valence-electron chi connectivity index (χ2n) is 4.84. The first-order valence-electron chi connectivity index (χ1n) is 6.91. The lowest BCUT2D eigenvalue weighted by molar-refractivity contribution is 0.320. The second kappa shape index (κ2) is 7.21. The van der Waals surface area contributed by atoms with Gasteiger partial charge in [-0.1, -0.05) is 0 Å². The Kier molecular flexibility index (Phi) is 5.54. The van der Waals surface area contributed by atoms with E-state index in [9.17, 15) is 17.2 Å². The molecule has 22 heavy (non-hydrogen) atoms. The third kappa shape index (κ3) is 4.28. The molecule has 6 nitrogen and oxygen atoms in total. The standard InChI is InChI=1S/C13H19F2N3O3S/c1-16-22(19,20)7-6-21-13-9-12(10(14)8-11(13)15)18-4-2-17-3-5-18/h8-9,16-17H,2-7H2,1H3. The summed E-state index contributed by atoms with van der Waals surface area (Å²) in [4.78, 5) is 1.79. The van der Waals surface area contributed by atoms with Crippen molar-refractivity contribution in [3.8, 4) is 5.75 Å². The molecular formula is C13H19F2N3O3S. The Bertz CT molecular complexity index is 619. The number of piperazine rings is 1. The lowest BCUT2D eigenvalue weighted by Gasteiger charge is -2.30. The number of benzene rings is 1. The molecule has 1 fully saturated rings. The zero-order valence-electron chi connectivity index (χ0n) is 12.2. The van der Waals surface area contributed by atoms with Gasteiger partial charge < -0.3 is 15.0 Å². The lowest BCUT2D eigenvalue weighted by Crippen LogP contribution is -2.43. The van der Waals surface area contributed by atoms with E-state index in [4.69, 9.17) is 4.74 Å². The minimum Gasteiger partial charge on any atom is -0.489 e. The molecule has 1 saturated heterocycles. The highest BCUT2D eigenvalue weighted by Gasteiger charge is 2.18. The van der Waals surface area contributed by atoms with Crippen LogP contribution in [0.25, 0.3) is 0 Å². The van der Waals surface area contributed by atoms with Crippen molar-refractivity contribution in [2.24, 2.45) is 0 Å². The summed E-state index contributed by atoms with van der Waals surface area (Å²) < 4.78 is 57.5. The molecule has 0 radical (unpaired) electrons. The summed E-state index contributed by atoms with van der Waals surface area (Å²) in [5.41, 5.74) is 0.259. The van der Waals surface area contributed by atoms with Gasteiger partial charge in [0.2, 0.25) is 10.0 Å². The Morgan fingerprint density at radius 2 is 1.95 bits per heavy atom. The van der Waals surface area contributed by atoms with Crippen LogP contribution < -0.4 is 19.7 Å².